The maximum absolute atomic E-state index is 12.2. The summed E-state index contributed by atoms with van der Waals surface area (Å²) >= 11 is 0.842. The van der Waals surface area contributed by atoms with E-state index in [-0.39, 0.29) is 18.8 Å². The Kier molecular flexibility index (Phi) is 18.3. The first kappa shape index (κ1) is 32.0. The van der Waals surface area contributed by atoms with Crippen molar-refractivity contribution in [2.24, 2.45) is 0 Å². The van der Waals surface area contributed by atoms with Crippen LogP contribution < -0.4 is 4.74 Å². The normalized spacial score (nSPS) is 14.7. The molecule has 0 aromatic heterocycles. The molecule has 7 nitrogen and oxygen atoms in total. The summed E-state index contributed by atoms with van der Waals surface area (Å²) in [5.74, 6) is 1.24. The van der Waals surface area contributed by atoms with Gasteiger partial charge in [0.15, 0.2) is 0 Å². The number of para-hydroxylation sites is 1. The fourth-order valence-corrected chi connectivity index (χ4v) is 5.02. The van der Waals surface area contributed by atoms with E-state index in [9.17, 15) is 14.3 Å². The smallest absolute Gasteiger partial charge is 0.437 e. The molecule has 0 radical (unpaired) electrons. The van der Waals surface area contributed by atoms with Gasteiger partial charge in [-0.25, -0.2) is 9.36 Å². The second-order valence-electron chi connectivity index (χ2n) is 8.77. The van der Waals surface area contributed by atoms with Crippen LogP contribution in [0.2, 0.25) is 0 Å². The highest BCUT2D eigenvalue weighted by Crippen LogP contribution is 2.45. The number of benzene rings is 1. The highest BCUT2D eigenvalue weighted by atomic mass is 32.2. The maximum atomic E-state index is 12.2. The minimum absolute atomic E-state index is 0.0233. The Morgan fingerprint density at radius 3 is 2.29 bits per heavy atom. The van der Waals surface area contributed by atoms with Gasteiger partial charge in [-0.3, -0.25) is 4.52 Å². The van der Waals surface area contributed by atoms with Gasteiger partial charge in [-0.05, 0) is 38.3 Å². The quantitative estimate of drug-likeness (QED) is 0.0908. The zero-order valence-electron chi connectivity index (χ0n) is 21.7. The van der Waals surface area contributed by atoms with Crippen LogP contribution in [0.15, 0.2) is 30.3 Å². The molecule has 0 bridgehead atoms. The van der Waals surface area contributed by atoms with Crippen molar-refractivity contribution >= 4 is 25.3 Å². The fraction of sp³-hybridized carbons (Fsp3) is 0.731. The number of carbonyl (C=O) groups excluding carboxylic acids is 1. The van der Waals surface area contributed by atoms with Crippen LogP contribution in [0.4, 0.5) is 4.79 Å². The van der Waals surface area contributed by atoms with Gasteiger partial charge in [-0.15, -0.1) is 0 Å². The molecule has 1 aromatic carbocycles. The second-order valence-corrected chi connectivity index (χ2v) is 11.2. The van der Waals surface area contributed by atoms with E-state index in [1.54, 1.807) is 6.92 Å². The van der Waals surface area contributed by atoms with Crippen LogP contribution in [0.1, 0.15) is 91.4 Å². The molecule has 3 unspecified atom stereocenters. The highest BCUT2D eigenvalue weighted by Gasteiger charge is 2.34. The van der Waals surface area contributed by atoms with Crippen LogP contribution >= 0.6 is 19.6 Å². The summed E-state index contributed by atoms with van der Waals surface area (Å²) in [6.45, 7) is 6.47. The van der Waals surface area contributed by atoms with Crippen LogP contribution in [0, 0.1) is 0 Å². The average Bonchev–Trinajstić information content (AvgIpc) is 2.85. The first-order valence-corrected chi connectivity index (χ1v) is 15.5. The summed E-state index contributed by atoms with van der Waals surface area (Å²) in [5, 5.41) is 0. The Labute approximate surface area is 216 Å². The molecule has 1 rings (SSSR count). The molecule has 202 valence electrons. The monoisotopic (exact) mass is 532 g/mol. The summed E-state index contributed by atoms with van der Waals surface area (Å²) in [6.07, 6.45) is 11.7. The number of carbonyl (C=O) groups is 1. The van der Waals surface area contributed by atoms with E-state index < -0.39 is 13.3 Å². The van der Waals surface area contributed by atoms with Crippen LogP contribution in [0.25, 0.3) is 0 Å². The fourth-order valence-electron chi connectivity index (χ4n) is 3.42. The van der Waals surface area contributed by atoms with E-state index in [1.807, 2.05) is 30.3 Å². The largest absolute Gasteiger partial charge is 0.490 e. The topological polar surface area (TPSA) is 91.3 Å². The van der Waals surface area contributed by atoms with Crippen LogP contribution in [-0.2, 0) is 18.0 Å². The molecule has 0 saturated carbocycles. The predicted octanol–water partition coefficient (Wildman–Crippen LogP) is 8.16. The Hall–Kier alpha value is -1.05. The Morgan fingerprint density at radius 2 is 1.63 bits per heavy atom. The van der Waals surface area contributed by atoms with Gasteiger partial charge in [0, 0.05) is 12.4 Å². The lowest BCUT2D eigenvalue weighted by atomic mass is 10.1. The Bertz CT molecular complexity index is 704. The third-order valence-electron chi connectivity index (χ3n) is 5.43. The SMILES string of the molecule is CCCCCCCCCCOC(C)COP(=O)(O)C(=O)OSCCC(CCC)Oc1ccccc1. The van der Waals surface area contributed by atoms with E-state index in [4.69, 9.17) is 18.2 Å². The van der Waals surface area contributed by atoms with Gasteiger partial charge in [0.25, 0.3) is 0 Å². The van der Waals surface area contributed by atoms with E-state index >= 15 is 0 Å². The minimum atomic E-state index is -4.53. The molecule has 3 atom stereocenters. The highest BCUT2D eigenvalue weighted by molar-refractivity contribution is 7.95. The lowest BCUT2D eigenvalue weighted by Gasteiger charge is -2.18. The molecule has 1 aromatic rings. The summed E-state index contributed by atoms with van der Waals surface area (Å²) in [5.41, 5.74) is -1.26. The molecule has 0 spiro atoms. The van der Waals surface area contributed by atoms with Gasteiger partial charge in [-0.2, -0.15) is 0 Å². The summed E-state index contributed by atoms with van der Waals surface area (Å²) in [7, 11) is -4.53. The van der Waals surface area contributed by atoms with E-state index in [0.717, 1.165) is 43.5 Å². The second kappa shape index (κ2) is 20.1. The van der Waals surface area contributed by atoms with Crippen LogP contribution in [0.3, 0.4) is 0 Å². The summed E-state index contributed by atoms with van der Waals surface area (Å²) in [4.78, 5) is 21.9. The third kappa shape index (κ3) is 16.3. The summed E-state index contributed by atoms with van der Waals surface area (Å²) < 4.78 is 33.7. The first-order chi connectivity index (χ1) is 16.9. The van der Waals surface area contributed by atoms with Gasteiger partial charge in [-0.1, -0.05) is 83.4 Å². The number of rotatable bonds is 22. The molecule has 9 heteroatoms. The zero-order chi connectivity index (χ0) is 25.8. The van der Waals surface area contributed by atoms with Gasteiger partial charge in [0.1, 0.15) is 5.75 Å². The number of unbranched alkanes of at least 4 members (excludes halogenated alkanes) is 7. The Morgan fingerprint density at radius 1 is 0.971 bits per heavy atom. The van der Waals surface area contributed by atoms with Crippen LogP contribution in [0.5, 0.6) is 5.75 Å². The standard InChI is InChI=1S/C26H45O7PS/c1-4-6-7-8-9-10-11-15-20-30-23(3)22-31-34(28,29)26(27)33-35-21-19-24(16-5-2)32-25-17-13-12-14-18-25/h12-14,17-18,23-24H,4-11,15-16,19-22H2,1-3H3,(H,28,29). The van der Waals surface area contributed by atoms with E-state index in [0.29, 0.717) is 18.8 Å². The molecule has 0 heterocycles. The summed E-state index contributed by atoms with van der Waals surface area (Å²) in [6, 6.07) is 9.55. The van der Waals surface area contributed by atoms with Gasteiger partial charge >= 0.3 is 13.3 Å². The molecule has 0 aliphatic carbocycles. The van der Waals surface area contributed by atoms with Crippen molar-refractivity contribution < 1.29 is 32.4 Å². The van der Waals surface area contributed by atoms with Gasteiger partial charge in [0.2, 0.25) is 0 Å². The van der Waals surface area contributed by atoms with Gasteiger partial charge < -0.3 is 18.6 Å². The van der Waals surface area contributed by atoms with Crippen molar-refractivity contribution in [2.75, 3.05) is 19.0 Å². The van der Waals surface area contributed by atoms with Crippen molar-refractivity contribution in [3.8, 4) is 5.75 Å². The molecule has 0 aliphatic rings. The number of hydrogen-bond donors (Lipinski definition) is 1. The van der Waals surface area contributed by atoms with E-state index in [1.165, 1.54) is 38.5 Å². The molecular formula is C26H45O7PS. The Balaban J connectivity index is 2.17. The molecule has 0 aliphatic heterocycles. The third-order valence-corrected chi connectivity index (χ3v) is 7.27. The minimum Gasteiger partial charge on any atom is -0.490 e. The van der Waals surface area contributed by atoms with Crippen LogP contribution in [-0.4, -0.2) is 41.8 Å². The lowest BCUT2D eigenvalue weighted by Crippen LogP contribution is -2.18. The van der Waals surface area contributed by atoms with E-state index in [2.05, 4.69) is 13.8 Å². The van der Waals surface area contributed by atoms with Crippen molar-refractivity contribution in [2.45, 2.75) is 104 Å². The maximum Gasteiger partial charge on any atom is 0.437 e. The molecular weight excluding hydrogens is 487 g/mol. The molecule has 0 amide bonds. The van der Waals surface area contributed by atoms with Crippen molar-refractivity contribution in [3.05, 3.63) is 30.3 Å². The molecule has 0 saturated heterocycles. The van der Waals surface area contributed by atoms with Crippen molar-refractivity contribution in [3.63, 3.8) is 0 Å². The molecule has 0 fully saturated rings. The molecule has 35 heavy (non-hydrogen) atoms. The van der Waals surface area contributed by atoms with Crippen molar-refractivity contribution in [1.29, 1.82) is 0 Å². The average molecular weight is 533 g/mol. The first-order valence-electron chi connectivity index (χ1n) is 13.0. The lowest BCUT2D eigenvalue weighted by molar-refractivity contribution is 0.0275. The van der Waals surface area contributed by atoms with Crippen molar-refractivity contribution in [1.82, 2.24) is 0 Å². The van der Waals surface area contributed by atoms with Gasteiger partial charge in [0.05, 0.1) is 30.9 Å². The zero-order valence-corrected chi connectivity index (χ0v) is 23.4. The molecule has 1 N–H and O–H groups in total. The number of ether oxygens (including phenoxy) is 2. The predicted molar refractivity (Wildman–Crippen MR) is 143 cm³/mol. The number of hydrogen-bond acceptors (Lipinski definition) is 7.